The molecule has 1 aliphatic carbocycles. The Morgan fingerprint density at radius 2 is 2.26 bits per heavy atom. The Hall–Kier alpha value is -1.48. The van der Waals surface area contributed by atoms with Crippen LogP contribution in [0.4, 0.5) is 5.69 Å². The van der Waals surface area contributed by atoms with Crippen molar-refractivity contribution in [2.75, 3.05) is 5.32 Å². The summed E-state index contributed by atoms with van der Waals surface area (Å²) in [6.45, 7) is 2.32. The Morgan fingerprint density at radius 3 is 2.95 bits per heavy atom. The van der Waals surface area contributed by atoms with Crippen LogP contribution in [0.1, 0.15) is 26.2 Å². The van der Waals surface area contributed by atoms with Crippen LogP contribution in [-0.2, 0) is 0 Å². The summed E-state index contributed by atoms with van der Waals surface area (Å²) >= 11 is 6.35. The van der Waals surface area contributed by atoms with E-state index in [0.29, 0.717) is 6.04 Å². The molecule has 0 saturated heterocycles. The monoisotopic (exact) mass is 275 g/mol. The van der Waals surface area contributed by atoms with Gasteiger partial charge >= 0.3 is 0 Å². The maximum atomic E-state index is 6.35. The van der Waals surface area contributed by atoms with Gasteiger partial charge in [0.2, 0.25) is 0 Å². The van der Waals surface area contributed by atoms with Gasteiger partial charge in [0.25, 0.3) is 0 Å². The second kappa shape index (κ2) is 5.25. The largest absolute Gasteiger partial charge is 0.381 e. The summed E-state index contributed by atoms with van der Waals surface area (Å²) in [5, 5.41) is 4.38. The summed E-state index contributed by atoms with van der Waals surface area (Å²) in [6.07, 6.45) is 9.24. The molecule has 1 saturated carbocycles. The van der Waals surface area contributed by atoms with Gasteiger partial charge in [-0.3, -0.25) is 0 Å². The maximum absolute atomic E-state index is 6.35. The molecule has 3 rings (SSSR count). The second-order valence-corrected chi connectivity index (χ2v) is 5.77. The lowest BCUT2D eigenvalue weighted by molar-refractivity contribution is 0.602. The van der Waals surface area contributed by atoms with E-state index in [1.165, 1.54) is 19.3 Å². The first-order chi connectivity index (χ1) is 9.24. The number of nitrogens with zero attached hydrogens (tertiary/aromatic N) is 2. The van der Waals surface area contributed by atoms with Gasteiger partial charge in [0.05, 0.1) is 22.7 Å². The Labute approximate surface area is 118 Å². The molecule has 2 aromatic rings. The van der Waals surface area contributed by atoms with Crippen molar-refractivity contribution in [3.05, 3.63) is 41.9 Å². The van der Waals surface area contributed by atoms with Crippen molar-refractivity contribution in [1.29, 1.82) is 0 Å². The number of aromatic nitrogens is 2. The zero-order chi connectivity index (χ0) is 13.2. The van der Waals surface area contributed by atoms with E-state index in [4.69, 9.17) is 11.6 Å². The van der Waals surface area contributed by atoms with Crippen molar-refractivity contribution >= 4 is 17.3 Å². The predicted molar refractivity (Wildman–Crippen MR) is 79.0 cm³/mol. The van der Waals surface area contributed by atoms with Crippen molar-refractivity contribution < 1.29 is 0 Å². The average molecular weight is 276 g/mol. The van der Waals surface area contributed by atoms with Crippen LogP contribution in [0.25, 0.3) is 5.69 Å². The van der Waals surface area contributed by atoms with Gasteiger partial charge in [0, 0.05) is 18.4 Å². The molecule has 4 heteroatoms. The van der Waals surface area contributed by atoms with Crippen LogP contribution >= 0.6 is 11.6 Å². The topological polar surface area (TPSA) is 29.9 Å². The van der Waals surface area contributed by atoms with Crippen LogP contribution in [0.15, 0.2) is 36.9 Å². The van der Waals surface area contributed by atoms with Gasteiger partial charge in [0.1, 0.15) is 0 Å². The fraction of sp³-hybridized carbons (Fsp3) is 0.400. The quantitative estimate of drug-likeness (QED) is 0.913. The standard InChI is InChI=1S/C15H18ClN3/c1-11-5-6-12(9-11)18-14-4-2-3-13(16)15(14)19-8-7-17-10-19/h2-4,7-8,10-12,18H,5-6,9H2,1H3. The molecule has 1 aromatic carbocycles. The summed E-state index contributed by atoms with van der Waals surface area (Å²) in [7, 11) is 0. The minimum absolute atomic E-state index is 0.552. The molecule has 0 amide bonds. The number of halogens is 1. The van der Waals surface area contributed by atoms with Gasteiger partial charge in [0.15, 0.2) is 0 Å². The molecule has 1 aromatic heterocycles. The average Bonchev–Trinajstić information content (AvgIpc) is 3.01. The molecule has 0 bridgehead atoms. The molecule has 2 atom stereocenters. The fourth-order valence-electron chi connectivity index (χ4n) is 2.84. The minimum Gasteiger partial charge on any atom is -0.381 e. The molecule has 2 unspecified atom stereocenters. The minimum atomic E-state index is 0.552. The lowest BCUT2D eigenvalue weighted by Gasteiger charge is -2.18. The molecule has 1 N–H and O–H groups in total. The second-order valence-electron chi connectivity index (χ2n) is 5.37. The van der Waals surface area contributed by atoms with Crippen LogP contribution < -0.4 is 5.32 Å². The normalized spacial score (nSPS) is 22.6. The lowest BCUT2D eigenvalue weighted by Crippen LogP contribution is -2.16. The van der Waals surface area contributed by atoms with E-state index >= 15 is 0 Å². The predicted octanol–water partition coefficient (Wildman–Crippen LogP) is 4.13. The molecule has 100 valence electrons. The number of para-hydroxylation sites is 1. The molecule has 1 fully saturated rings. The van der Waals surface area contributed by atoms with E-state index in [0.717, 1.165) is 22.3 Å². The van der Waals surface area contributed by atoms with Crippen molar-refractivity contribution in [2.24, 2.45) is 5.92 Å². The van der Waals surface area contributed by atoms with Crippen LogP contribution in [-0.4, -0.2) is 15.6 Å². The van der Waals surface area contributed by atoms with Gasteiger partial charge in [-0.1, -0.05) is 24.6 Å². The number of anilines is 1. The first kappa shape index (κ1) is 12.5. The van der Waals surface area contributed by atoms with Crippen molar-refractivity contribution in [3.8, 4) is 5.69 Å². The number of imidazole rings is 1. The van der Waals surface area contributed by atoms with Crippen molar-refractivity contribution in [2.45, 2.75) is 32.2 Å². The van der Waals surface area contributed by atoms with E-state index in [2.05, 4.69) is 23.3 Å². The van der Waals surface area contributed by atoms with Crippen LogP contribution in [0, 0.1) is 5.92 Å². The van der Waals surface area contributed by atoms with Gasteiger partial charge in [-0.05, 0) is 37.3 Å². The van der Waals surface area contributed by atoms with Crippen molar-refractivity contribution in [3.63, 3.8) is 0 Å². The number of hydrogen-bond acceptors (Lipinski definition) is 2. The lowest BCUT2D eigenvalue weighted by atomic mass is 10.1. The van der Waals surface area contributed by atoms with E-state index < -0.39 is 0 Å². The highest BCUT2D eigenvalue weighted by atomic mass is 35.5. The van der Waals surface area contributed by atoms with Crippen LogP contribution in [0.2, 0.25) is 5.02 Å². The highest BCUT2D eigenvalue weighted by Crippen LogP contribution is 2.32. The summed E-state index contributed by atoms with van der Waals surface area (Å²) in [4.78, 5) is 4.10. The molecule has 0 aliphatic heterocycles. The number of hydrogen-bond donors (Lipinski definition) is 1. The van der Waals surface area contributed by atoms with E-state index in [1.54, 1.807) is 12.5 Å². The number of nitrogens with one attached hydrogen (secondary N) is 1. The number of benzene rings is 1. The maximum Gasteiger partial charge on any atom is 0.0992 e. The Morgan fingerprint density at radius 1 is 1.37 bits per heavy atom. The highest BCUT2D eigenvalue weighted by Gasteiger charge is 2.22. The molecule has 1 heterocycles. The Bertz CT molecular complexity index is 551. The van der Waals surface area contributed by atoms with Crippen molar-refractivity contribution in [1.82, 2.24) is 9.55 Å². The fourth-order valence-corrected chi connectivity index (χ4v) is 3.12. The Balaban J connectivity index is 1.91. The zero-order valence-electron chi connectivity index (χ0n) is 11.0. The third-order valence-corrected chi connectivity index (χ3v) is 4.11. The smallest absolute Gasteiger partial charge is 0.0992 e. The summed E-state index contributed by atoms with van der Waals surface area (Å²) in [6, 6.07) is 6.54. The summed E-state index contributed by atoms with van der Waals surface area (Å²) < 4.78 is 1.96. The van der Waals surface area contributed by atoms with Crippen LogP contribution in [0.5, 0.6) is 0 Å². The van der Waals surface area contributed by atoms with Gasteiger partial charge in [-0.15, -0.1) is 0 Å². The van der Waals surface area contributed by atoms with Crippen LogP contribution in [0.3, 0.4) is 0 Å². The van der Waals surface area contributed by atoms with Gasteiger partial charge in [-0.25, -0.2) is 4.98 Å². The Kier molecular flexibility index (Phi) is 3.47. The number of rotatable bonds is 3. The third kappa shape index (κ3) is 2.61. The SMILES string of the molecule is CC1CCC(Nc2cccc(Cl)c2-n2ccnc2)C1. The molecule has 19 heavy (non-hydrogen) atoms. The van der Waals surface area contributed by atoms with E-state index in [1.807, 2.05) is 22.9 Å². The first-order valence-corrected chi connectivity index (χ1v) is 7.15. The van der Waals surface area contributed by atoms with Gasteiger partial charge < -0.3 is 9.88 Å². The molecule has 3 nitrogen and oxygen atoms in total. The van der Waals surface area contributed by atoms with Gasteiger partial charge in [-0.2, -0.15) is 0 Å². The molecule has 0 radical (unpaired) electrons. The molecular formula is C15H18ClN3. The summed E-state index contributed by atoms with van der Waals surface area (Å²) in [5.41, 5.74) is 2.07. The van der Waals surface area contributed by atoms with E-state index in [9.17, 15) is 0 Å². The van der Waals surface area contributed by atoms with E-state index in [-0.39, 0.29) is 0 Å². The highest BCUT2D eigenvalue weighted by molar-refractivity contribution is 6.33. The molecule has 0 spiro atoms. The zero-order valence-corrected chi connectivity index (χ0v) is 11.8. The molecule has 1 aliphatic rings. The first-order valence-electron chi connectivity index (χ1n) is 6.77. The summed E-state index contributed by atoms with van der Waals surface area (Å²) in [5.74, 6) is 0.813. The third-order valence-electron chi connectivity index (χ3n) is 3.80. The molecular weight excluding hydrogens is 258 g/mol.